The fourth-order valence-corrected chi connectivity index (χ4v) is 5.83. The van der Waals surface area contributed by atoms with E-state index in [1.54, 1.807) is 25.1 Å². The fourth-order valence-electron chi connectivity index (χ4n) is 5.83. The van der Waals surface area contributed by atoms with Crippen molar-refractivity contribution in [3.8, 4) is 5.75 Å². The quantitative estimate of drug-likeness (QED) is 0.201. The Morgan fingerprint density at radius 1 is 1.07 bits per heavy atom. The number of esters is 2. The average Bonchev–Trinajstić information content (AvgIpc) is 3.25. The number of rotatable bonds is 8. The molecule has 41 heavy (non-hydrogen) atoms. The molecular weight excluding hydrogens is 544 g/mol. The highest BCUT2D eigenvalue weighted by Crippen LogP contribution is 2.54. The molecule has 0 aromatic heterocycles. The summed E-state index contributed by atoms with van der Waals surface area (Å²) in [6.45, 7) is 2.06. The minimum absolute atomic E-state index is 0.00147. The lowest BCUT2D eigenvalue weighted by Gasteiger charge is -2.44. The summed E-state index contributed by atoms with van der Waals surface area (Å²) in [5.41, 5.74) is -0.790. The molecule has 4 rings (SSSR count). The zero-order valence-electron chi connectivity index (χ0n) is 22.7. The van der Waals surface area contributed by atoms with Crippen LogP contribution in [0.1, 0.15) is 25.8 Å². The molecule has 0 amide bonds. The van der Waals surface area contributed by atoms with Gasteiger partial charge in [-0.05, 0) is 37.1 Å². The van der Waals surface area contributed by atoms with Crippen LogP contribution >= 0.6 is 0 Å². The fraction of sp³-hybridized carbons (Fsp3) is 0.536. The highest BCUT2D eigenvalue weighted by Gasteiger charge is 2.63. The highest BCUT2D eigenvalue weighted by molar-refractivity contribution is 5.98. The summed E-state index contributed by atoms with van der Waals surface area (Å²) >= 11 is 0. The molecule has 2 aliphatic heterocycles. The second-order valence-corrected chi connectivity index (χ2v) is 10.5. The van der Waals surface area contributed by atoms with Crippen LogP contribution in [-0.4, -0.2) is 99.6 Å². The molecule has 0 radical (unpaired) electrons. The van der Waals surface area contributed by atoms with Crippen LogP contribution in [0.25, 0.3) is 6.08 Å². The largest absolute Gasteiger partial charge is 0.508 e. The highest BCUT2D eigenvalue weighted by atomic mass is 16.8. The first-order valence-electron chi connectivity index (χ1n) is 13.0. The molecule has 2 fully saturated rings. The Hall–Kier alpha value is -3.33. The zero-order valence-corrected chi connectivity index (χ0v) is 22.7. The van der Waals surface area contributed by atoms with Gasteiger partial charge in [0.1, 0.15) is 35.8 Å². The van der Waals surface area contributed by atoms with E-state index in [4.69, 9.17) is 23.7 Å². The number of carbonyl (C=O) groups excluding carboxylic acids is 3. The molecule has 1 saturated heterocycles. The summed E-state index contributed by atoms with van der Waals surface area (Å²) in [5.74, 6) is -4.63. The van der Waals surface area contributed by atoms with Crippen molar-refractivity contribution in [3.63, 3.8) is 0 Å². The summed E-state index contributed by atoms with van der Waals surface area (Å²) in [6.07, 6.45) is -5.44. The first kappa shape index (κ1) is 30.6. The Morgan fingerprint density at radius 2 is 1.76 bits per heavy atom. The Balaban J connectivity index is 1.70. The van der Waals surface area contributed by atoms with Crippen molar-refractivity contribution < 1.29 is 63.6 Å². The summed E-state index contributed by atoms with van der Waals surface area (Å²) < 4.78 is 27.7. The van der Waals surface area contributed by atoms with Gasteiger partial charge < -0.3 is 49.2 Å². The standard InChI is InChI=1S/C28H34O13/c1-13(30)41-28(2)10-16(18(32)9-6-14-4-7-15(31)8-5-14)20-17(25(36)37-3)12-38-26(21(20)28)40-27-24(35)23(34)22(33)19(11-29)39-27/h4-9,12,16,19-24,26-27,29,31,33-35H,10-11H2,1-3H3/b9-6+/t16-,19+,20+,21+,22+,23-,24+,26-,27-,28-/m0/s1. The van der Waals surface area contributed by atoms with Crippen molar-refractivity contribution in [2.45, 2.75) is 62.9 Å². The molecule has 13 nitrogen and oxygen atoms in total. The number of ether oxygens (including phenoxy) is 5. The number of aliphatic hydroxyl groups is 4. The Morgan fingerprint density at radius 3 is 2.37 bits per heavy atom. The zero-order chi connectivity index (χ0) is 30.1. The normalized spacial score (nSPS) is 36.7. The van der Waals surface area contributed by atoms with Gasteiger partial charge in [0.25, 0.3) is 0 Å². The van der Waals surface area contributed by atoms with E-state index in [1.807, 2.05) is 0 Å². The van der Waals surface area contributed by atoms with Crippen molar-refractivity contribution >= 4 is 23.8 Å². The minimum Gasteiger partial charge on any atom is -0.508 e. The summed E-state index contributed by atoms with van der Waals surface area (Å²) in [4.78, 5) is 38.6. The molecule has 13 heteroatoms. The van der Waals surface area contributed by atoms with E-state index in [0.29, 0.717) is 5.56 Å². The van der Waals surface area contributed by atoms with Gasteiger partial charge in [-0.3, -0.25) is 9.59 Å². The van der Waals surface area contributed by atoms with Crippen molar-refractivity contribution in [2.24, 2.45) is 17.8 Å². The van der Waals surface area contributed by atoms with Gasteiger partial charge in [-0.1, -0.05) is 18.2 Å². The first-order valence-corrected chi connectivity index (χ1v) is 13.0. The smallest absolute Gasteiger partial charge is 0.337 e. The van der Waals surface area contributed by atoms with Crippen molar-refractivity contribution in [2.75, 3.05) is 13.7 Å². The van der Waals surface area contributed by atoms with E-state index in [0.717, 1.165) is 13.4 Å². The second-order valence-electron chi connectivity index (χ2n) is 10.5. The number of methoxy groups -OCH3 is 1. The number of hydrogen-bond acceptors (Lipinski definition) is 13. The molecule has 1 aliphatic carbocycles. The topological polar surface area (TPSA) is 199 Å². The maximum Gasteiger partial charge on any atom is 0.337 e. The first-order chi connectivity index (χ1) is 19.4. The van der Waals surface area contributed by atoms with Crippen LogP contribution in [-0.2, 0) is 38.1 Å². The molecule has 1 aromatic carbocycles. The van der Waals surface area contributed by atoms with E-state index in [2.05, 4.69) is 0 Å². The van der Waals surface area contributed by atoms with Crippen LogP contribution in [0, 0.1) is 17.8 Å². The van der Waals surface area contributed by atoms with E-state index in [-0.39, 0.29) is 17.7 Å². The molecule has 1 saturated carbocycles. The van der Waals surface area contributed by atoms with Gasteiger partial charge in [-0.15, -0.1) is 0 Å². The van der Waals surface area contributed by atoms with E-state index in [1.165, 1.54) is 25.1 Å². The number of ketones is 1. The summed E-state index contributed by atoms with van der Waals surface area (Å²) in [6, 6.07) is 6.15. The number of aromatic hydroxyl groups is 1. The lowest BCUT2D eigenvalue weighted by atomic mass is 9.77. The molecule has 0 spiro atoms. The van der Waals surface area contributed by atoms with Crippen LogP contribution in [0.5, 0.6) is 5.75 Å². The molecule has 1 aromatic rings. The van der Waals surface area contributed by atoms with Gasteiger partial charge in [0.2, 0.25) is 6.29 Å². The van der Waals surface area contributed by atoms with Crippen LogP contribution in [0.2, 0.25) is 0 Å². The number of phenolic OH excluding ortho intramolecular Hbond substituents is 1. The minimum atomic E-state index is -1.76. The molecule has 0 unspecified atom stereocenters. The number of allylic oxidation sites excluding steroid dienone is 1. The third kappa shape index (κ3) is 6.15. The Kier molecular flexibility index (Phi) is 9.16. The summed E-state index contributed by atoms with van der Waals surface area (Å²) in [7, 11) is 1.16. The number of carbonyl (C=O) groups is 3. The summed E-state index contributed by atoms with van der Waals surface area (Å²) in [5, 5.41) is 49.9. The monoisotopic (exact) mass is 578 g/mol. The third-order valence-electron chi connectivity index (χ3n) is 7.75. The lowest BCUT2D eigenvalue weighted by Crippen LogP contribution is -2.61. The van der Waals surface area contributed by atoms with E-state index < -0.39 is 84.7 Å². The molecule has 2 heterocycles. The molecule has 3 aliphatic rings. The predicted octanol–water partition coefficient (Wildman–Crippen LogP) is -0.222. The molecule has 224 valence electrons. The van der Waals surface area contributed by atoms with Crippen molar-refractivity contribution in [3.05, 3.63) is 47.7 Å². The molecule has 5 N–H and O–H groups in total. The van der Waals surface area contributed by atoms with Crippen LogP contribution in [0.15, 0.2) is 42.2 Å². The molecule has 0 bridgehead atoms. The lowest BCUT2D eigenvalue weighted by molar-refractivity contribution is -0.346. The average molecular weight is 579 g/mol. The number of phenols is 1. The van der Waals surface area contributed by atoms with Crippen LogP contribution in [0.3, 0.4) is 0 Å². The number of hydrogen-bond donors (Lipinski definition) is 5. The van der Waals surface area contributed by atoms with E-state index >= 15 is 0 Å². The second kappa shape index (κ2) is 12.3. The number of benzene rings is 1. The van der Waals surface area contributed by atoms with Gasteiger partial charge in [-0.25, -0.2) is 4.79 Å². The van der Waals surface area contributed by atoms with Gasteiger partial charge in [0.15, 0.2) is 12.1 Å². The maximum absolute atomic E-state index is 13.6. The Labute approximate surface area is 235 Å². The van der Waals surface area contributed by atoms with Crippen LogP contribution < -0.4 is 0 Å². The van der Waals surface area contributed by atoms with Gasteiger partial charge >= 0.3 is 11.9 Å². The van der Waals surface area contributed by atoms with Crippen molar-refractivity contribution in [1.29, 1.82) is 0 Å². The van der Waals surface area contributed by atoms with Gasteiger partial charge in [0.05, 0.1) is 31.5 Å². The SMILES string of the molecule is COC(=O)C1=CO[C@@H](O[C@@H]2O[C@H](CO)[C@@H](O)[C@H](O)[C@H]2O)[C@H]2[C@@H]1[C@H](C(=O)/C=C/c1ccc(O)cc1)C[C@]2(C)OC(C)=O. The van der Waals surface area contributed by atoms with E-state index in [9.17, 15) is 39.9 Å². The maximum atomic E-state index is 13.6. The third-order valence-corrected chi connectivity index (χ3v) is 7.75. The predicted molar refractivity (Wildman–Crippen MR) is 137 cm³/mol. The van der Waals surface area contributed by atoms with Crippen LogP contribution in [0.4, 0.5) is 0 Å². The Bertz CT molecular complexity index is 1190. The van der Waals surface area contributed by atoms with Crippen molar-refractivity contribution in [1.82, 2.24) is 0 Å². The molecular formula is C28H34O13. The molecule has 10 atom stereocenters. The van der Waals surface area contributed by atoms with Gasteiger partial charge in [-0.2, -0.15) is 0 Å². The van der Waals surface area contributed by atoms with Gasteiger partial charge in [0, 0.05) is 18.8 Å². The number of aliphatic hydroxyl groups excluding tert-OH is 4. The number of fused-ring (bicyclic) bond motifs is 1.